The van der Waals surface area contributed by atoms with E-state index < -0.39 is 5.60 Å². The van der Waals surface area contributed by atoms with Crippen molar-refractivity contribution in [2.24, 2.45) is 4.99 Å². The fourth-order valence-corrected chi connectivity index (χ4v) is 2.51. The van der Waals surface area contributed by atoms with Gasteiger partial charge in [0.25, 0.3) is 0 Å². The Morgan fingerprint density at radius 3 is 2.48 bits per heavy atom. The molecule has 23 heavy (non-hydrogen) atoms. The highest BCUT2D eigenvalue weighted by molar-refractivity contribution is 5.91. The van der Waals surface area contributed by atoms with Gasteiger partial charge < -0.3 is 14.5 Å². The van der Waals surface area contributed by atoms with Crippen LogP contribution in [0.4, 0.5) is 0 Å². The van der Waals surface area contributed by atoms with Crippen molar-refractivity contribution in [2.45, 2.75) is 19.4 Å². The van der Waals surface area contributed by atoms with E-state index in [9.17, 15) is 0 Å². The smallest absolute Gasteiger partial charge is 0.216 e. The number of nitriles is 2. The summed E-state index contributed by atoms with van der Waals surface area (Å²) in [5.74, 6) is 1.21. The Balaban J connectivity index is 2.61. The third-order valence-electron chi connectivity index (χ3n) is 3.45. The van der Waals surface area contributed by atoms with Crippen molar-refractivity contribution in [1.29, 1.82) is 10.5 Å². The lowest BCUT2D eigenvalue weighted by Crippen LogP contribution is -2.40. The molecule has 1 aromatic carbocycles. The van der Waals surface area contributed by atoms with Crippen LogP contribution in [0.15, 0.2) is 29.3 Å². The highest BCUT2D eigenvalue weighted by Gasteiger charge is 2.30. The summed E-state index contributed by atoms with van der Waals surface area (Å²) in [7, 11) is 5.49. The zero-order valence-electron chi connectivity index (χ0n) is 14.0. The van der Waals surface area contributed by atoms with Gasteiger partial charge in [0.15, 0.2) is 0 Å². The zero-order valence-corrected chi connectivity index (χ0v) is 14.0. The van der Waals surface area contributed by atoms with Gasteiger partial charge in [-0.2, -0.15) is 10.5 Å². The Kier molecular flexibility index (Phi) is 4.29. The fraction of sp³-hybridized carbons (Fsp3) is 0.353. The summed E-state index contributed by atoms with van der Waals surface area (Å²) in [6, 6.07) is 7.45. The van der Waals surface area contributed by atoms with E-state index in [1.807, 2.05) is 52.2 Å². The topological polar surface area (TPSA) is 75.7 Å². The van der Waals surface area contributed by atoms with Crippen LogP contribution in [0.25, 0.3) is 5.70 Å². The van der Waals surface area contributed by atoms with Gasteiger partial charge in [-0.3, -0.25) is 0 Å². The minimum Gasteiger partial charge on any atom is -0.483 e. The summed E-state index contributed by atoms with van der Waals surface area (Å²) >= 11 is 0. The van der Waals surface area contributed by atoms with E-state index in [1.54, 1.807) is 23.1 Å². The van der Waals surface area contributed by atoms with E-state index in [4.69, 9.17) is 15.3 Å². The van der Waals surface area contributed by atoms with E-state index in [2.05, 4.69) is 11.1 Å². The van der Waals surface area contributed by atoms with Crippen LogP contribution < -0.4 is 4.74 Å². The maximum atomic E-state index is 9.15. The molecule has 1 aliphatic rings. The molecule has 0 radical (unpaired) electrons. The maximum Gasteiger partial charge on any atom is 0.216 e. The summed E-state index contributed by atoms with van der Waals surface area (Å²) in [4.78, 5) is 7.48. The molecule has 2 rings (SSSR count). The molecule has 0 saturated carbocycles. The van der Waals surface area contributed by atoms with Crippen molar-refractivity contribution in [3.8, 4) is 18.0 Å². The summed E-state index contributed by atoms with van der Waals surface area (Å²) in [6.45, 7) is 3.91. The normalized spacial score (nSPS) is 15.4. The van der Waals surface area contributed by atoms with Crippen LogP contribution in [-0.4, -0.2) is 42.5 Å². The number of aliphatic imine (C=N–C) groups is 1. The number of rotatable bonds is 1. The first-order chi connectivity index (χ1) is 10.8. The van der Waals surface area contributed by atoms with Crippen molar-refractivity contribution in [3.05, 3.63) is 35.4 Å². The average Bonchev–Trinajstić information content (AvgIpc) is 2.49. The van der Waals surface area contributed by atoms with Crippen molar-refractivity contribution < 1.29 is 4.74 Å². The van der Waals surface area contributed by atoms with Crippen LogP contribution in [-0.2, 0) is 0 Å². The van der Waals surface area contributed by atoms with Crippen molar-refractivity contribution in [2.75, 3.05) is 21.1 Å². The highest BCUT2D eigenvalue weighted by Crippen LogP contribution is 2.38. The lowest BCUT2D eigenvalue weighted by Gasteiger charge is -2.36. The summed E-state index contributed by atoms with van der Waals surface area (Å²) in [5.41, 5.74) is 1.69. The maximum absolute atomic E-state index is 9.15. The van der Waals surface area contributed by atoms with Crippen molar-refractivity contribution >= 4 is 11.7 Å². The standard InChI is InChI=1S/C17H19N5O/c1-17(2)9-14(22(5)16(20-11-19)21(3)4)13-8-12(10-18)6-7-15(13)23-17/h6-9H,1-5H3. The molecule has 1 heterocycles. The van der Waals surface area contributed by atoms with Gasteiger partial charge in [0, 0.05) is 26.7 Å². The minimum absolute atomic E-state index is 0.504. The third-order valence-corrected chi connectivity index (χ3v) is 3.45. The van der Waals surface area contributed by atoms with E-state index >= 15 is 0 Å². The van der Waals surface area contributed by atoms with Crippen LogP contribution in [0.2, 0.25) is 0 Å². The van der Waals surface area contributed by atoms with Crippen LogP contribution in [0.1, 0.15) is 25.0 Å². The lowest BCUT2D eigenvalue weighted by atomic mass is 9.97. The summed E-state index contributed by atoms with van der Waals surface area (Å²) < 4.78 is 5.97. The Labute approximate surface area is 136 Å². The number of fused-ring (bicyclic) bond motifs is 1. The molecule has 0 fully saturated rings. The highest BCUT2D eigenvalue weighted by atomic mass is 16.5. The first-order valence-corrected chi connectivity index (χ1v) is 7.13. The molecule has 6 heteroatoms. The van der Waals surface area contributed by atoms with E-state index in [-0.39, 0.29) is 0 Å². The number of guanidine groups is 1. The molecule has 118 valence electrons. The Morgan fingerprint density at radius 2 is 1.91 bits per heavy atom. The van der Waals surface area contributed by atoms with Crippen LogP contribution in [0.3, 0.4) is 0 Å². The predicted molar refractivity (Wildman–Crippen MR) is 88.3 cm³/mol. The Bertz CT molecular complexity index is 762. The van der Waals surface area contributed by atoms with Gasteiger partial charge >= 0.3 is 0 Å². The molecule has 0 N–H and O–H groups in total. The van der Waals surface area contributed by atoms with Gasteiger partial charge in [-0.05, 0) is 38.1 Å². The summed E-state index contributed by atoms with van der Waals surface area (Å²) in [6.07, 6.45) is 3.80. The third kappa shape index (κ3) is 3.27. The molecule has 0 aliphatic carbocycles. The number of hydrogen-bond donors (Lipinski definition) is 0. The first kappa shape index (κ1) is 16.4. The lowest BCUT2D eigenvalue weighted by molar-refractivity contribution is 0.156. The van der Waals surface area contributed by atoms with Crippen LogP contribution in [0, 0.1) is 22.8 Å². The largest absolute Gasteiger partial charge is 0.483 e. The molecule has 0 atom stereocenters. The number of hydrogen-bond acceptors (Lipinski definition) is 4. The molecular formula is C17H19N5O. The van der Waals surface area contributed by atoms with E-state index in [1.165, 1.54) is 0 Å². The Morgan fingerprint density at radius 1 is 1.22 bits per heavy atom. The molecule has 0 bridgehead atoms. The molecule has 1 aliphatic heterocycles. The SMILES string of the molecule is CN(C)C(=NC#N)N(C)C1=CC(C)(C)Oc2ccc(C#N)cc21. The average molecular weight is 309 g/mol. The van der Waals surface area contributed by atoms with Crippen molar-refractivity contribution in [3.63, 3.8) is 0 Å². The Hall–Kier alpha value is -2.99. The quantitative estimate of drug-likeness (QED) is 0.452. The molecule has 0 amide bonds. The second-order valence-corrected chi connectivity index (χ2v) is 6.02. The minimum atomic E-state index is -0.505. The van der Waals surface area contributed by atoms with Gasteiger partial charge in [0.1, 0.15) is 11.4 Å². The van der Waals surface area contributed by atoms with Crippen LogP contribution in [0.5, 0.6) is 5.75 Å². The molecule has 6 nitrogen and oxygen atoms in total. The fourth-order valence-electron chi connectivity index (χ4n) is 2.51. The second kappa shape index (κ2) is 6.02. The first-order valence-electron chi connectivity index (χ1n) is 7.13. The van der Waals surface area contributed by atoms with Gasteiger partial charge in [0.05, 0.1) is 17.3 Å². The monoisotopic (exact) mass is 309 g/mol. The molecule has 0 unspecified atom stereocenters. The number of benzene rings is 1. The molecular weight excluding hydrogens is 290 g/mol. The van der Waals surface area contributed by atoms with Gasteiger partial charge in [-0.25, -0.2) is 0 Å². The number of nitrogens with zero attached hydrogens (tertiary/aromatic N) is 5. The van der Waals surface area contributed by atoms with Gasteiger partial charge in [-0.15, -0.1) is 4.99 Å². The zero-order chi connectivity index (χ0) is 17.2. The second-order valence-electron chi connectivity index (χ2n) is 6.02. The molecule has 0 aromatic heterocycles. The molecule has 0 saturated heterocycles. The number of ether oxygens (including phenoxy) is 1. The van der Waals surface area contributed by atoms with Gasteiger partial charge in [-0.1, -0.05) is 0 Å². The summed E-state index contributed by atoms with van der Waals surface area (Å²) in [5, 5.41) is 18.1. The van der Waals surface area contributed by atoms with E-state index in [0.717, 1.165) is 11.3 Å². The van der Waals surface area contributed by atoms with Crippen molar-refractivity contribution in [1.82, 2.24) is 9.80 Å². The van der Waals surface area contributed by atoms with Gasteiger partial charge in [0.2, 0.25) is 12.2 Å². The molecule has 0 spiro atoms. The predicted octanol–water partition coefficient (Wildman–Crippen LogP) is 2.40. The molecule has 1 aromatic rings. The van der Waals surface area contributed by atoms with E-state index in [0.29, 0.717) is 17.3 Å². The van der Waals surface area contributed by atoms with Crippen LogP contribution >= 0.6 is 0 Å².